The number of rotatable bonds is 2. The molecule has 1 rings (SSSR count). The van der Waals surface area contributed by atoms with Gasteiger partial charge in [0, 0.05) is 6.54 Å². The number of halogens is 1. The topological polar surface area (TPSA) is 63.8 Å². The first kappa shape index (κ1) is 10.7. The van der Waals surface area contributed by atoms with Crippen molar-refractivity contribution in [3.05, 3.63) is 12.0 Å². The molecular weight excluding hydrogens is 183 g/mol. The number of nitrogen functional groups attached to an aromatic ring is 1. The van der Waals surface area contributed by atoms with E-state index in [2.05, 4.69) is 15.3 Å². The van der Waals surface area contributed by atoms with Crippen molar-refractivity contribution in [3.63, 3.8) is 0 Å². The van der Waals surface area contributed by atoms with E-state index in [0.717, 1.165) is 6.20 Å². The highest BCUT2D eigenvalue weighted by molar-refractivity contribution is 5.39. The molecule has 1 aromatic rings. The van der Waals surface area contributed by atoms with Gasteiger partial charge in [-0.25, -0.2) is 9.37 Å². The lowest BCUT2D eigenvalue weighted by Crippen LogP contribution is -2.20. The zero-order valence-corrected chi connectivity index (χ0v) is 8.63. The van der Waals surface area contributed by atoms with Crippen LogP contribution in [0.1, 0.15) is 20.8 Å². The molecule has 0 saturated heterocycles. The maximum Gasteiger partial charge on any atom is 0.222 e. The highest BCUT2D eigenvalue weighted by atomic mass is 19.1. The Balaban J connectivity index is 2.72. The molecule has 5 heteroatoms. The van der Waals surface area contributed by atoms with Crippen LogP contribution in [0.4, 0.5) is 16.2 Å². The number of aromatic nitrogens is 2. The van der Waals surface area contributed by atoms with Gasteiger partial charge in [-0.05, 0) is 5.41 Å². The molecule has 3 N–H and O–H groups in total. The molecule has 0 saturated carbocycles. The van der Waals surface area contributed by atoms with E-state index < -0.39 is 5.82 Å². The van der Waals surface area contributed by atoms with Gasteiger partial charge in [0.25, 0.3) is 0 Å². The lowest BCUT2D eigenvalue weighted by molar-refractivity contribution is 0.441. The van der Waals surface area contributed by atoms with Crippen molar-refractivity contribution in [1.29, 1.82) is 0 Å². The molecule has 78 valence electrons. The van der Waals surface area contributed by atoms with Crippen molar-refractivity contribution >= 4 is 11.8 Å². The molecule has 1 aromatic heterocycles. The predicted octanol–water partition coefficient (Wildman–Crippen LogP) is 1.66. The van der Waals surface area contributed by atoms with Crippen molar-refractivity contribution < 1.29 is 4.39 Å². The van der Waals surface area contributed by atoms with Crippen LogP contribution in [0.2, 0.25) is 0 Å². The number of nitrogens with zero attached hydrogens (tertiary/aromatic N) is 2. The second kappa shape index (κ2) is 3.77. The van der Waals surface area contributed by atoms with Crippen molar-refractivity contribution in [1.82, 2.24) is 9.97 Å². The zero-order chi connectivity index (χ0) is 10.8. The Morgan fingerprint density at radius 3 is 2.71 bits per heavy atom. The van der Waals surface area contributed by atoms with Gasteiger partial charge < -0.3 is 11.1 Å². The molecule has 0 aromatic carbocycles. The summed E-state index contributed by atoms with van der Waals surface area (Å²) in [5.41, 5.74) is 5.40. The van der Waals surface area contributed by atoms with Gasteiger partial charge in [-0.15, -0.1) is 0 Å². The molecule has 1 heterocycles. The molecule has 0 aliphatic heterocycles. The lowest BCUT2D eigenvalue weighted by atomic mass is 9.97. The summed E-state index contributed by atoms with van der Waals surface area (Å²) in [6, 6.07) is 0. The fourth-order valence-corrected chi connectivity index (χ4v) is 0.854. The Morgan fingerprint density at radius 1 is 1.50 bits per heavy atom. The first-order valence-electron chi connectivity index (χ1n) is 4.40. The molecular formula is C9H15FN4. The van der Waals surface area contributed by atoms with E-state index in [1.54, 1.807) is 0 Å². The Kier molecular flexibility index (Phi) is 2.88. The molecule has 0 unspecified atom stereocenters. The van der Waals surface area contributed by atoms with E-state index in [9.17, 15) is 4.39 Å². The Bertz CT molecular complexity index is 319. The first-order chi connectivity index (χ1) is 6.38. The largest absolute Gasteiger partial charge is 0.368 e. The monoisotopic (exact) mass is 198 g/mol. The Morgan fingerprint density at radius 2 is 2.14 bits per heavy atom. The maximum atomic E-state index is 13.1. The summed E-state index contributed by atoms with van der Waals surface area (Å²) in [5.74, 6) is -0.251. The molecule has 0 fully saturated rings. The highest BCUT2D eigenvalue weighted by Gasteiger charge is 2.12. The summed E-state index contributed by atoms with van der Waals surface area (Å²) in [7, 11) is 0. The van der Waals surface area contributed by atoms with Gasteiger partial charge in [-0.3, -0.25) is 0 Å². The fourth-order valence-electron chi connectivity index (χ4n) is 0.854. The third-order valence-corrected chi connectivity index (χ3v) is 1.55. The van der Waals surface area contributed by atoms with Gasteiger partial charge in [0.05, 0.1) is 6.20 Å². The Labute approximate surface area is 82.8 Å². The minimum atomic E-state index is -0.483. The summed E-state index contributed by atoms with van der Waals surface area (Å²) >= 11 is 0. The summed E-state index contributed by atoms with van der Waals surface area (Å²) in [6.07, 6.45) is 1.06. The van der Waals surface area contributed by atoms with Crippen molar-refractivity contribution in [2.75, 3.05) is 17.6 Å². The number of nitrogens with two attached hydrogens (primary N) is 1. The van der Waals surface area contributed by atoms with E-state index in [0.29, 0.717) is 6.54 Å². The first-order valence-corrected chi connectivity index (χ1v) is 4.40. The van der Waals surface area contributed by atoms with Gasteiger partial charge in [0.2, 0.25) is 5.95 Å². The van der Waals surface area contributed by atoms with Crippen LogP contribution in [0.25, 0.3) is 0 Å². The average Bonchev–Trinajstić information content (AvgIpc) is 2.05. The van der Waals surface area contributed by atoms with Crippen LogP contribution >= 0.6 is 0 Å². The predicted molar refractivity (Wildman–Crippen MR) is 54.3 cm³/mol. The van der Waals surface area contributed by atoms with Crippen LogP contribution in [0.3, 0.4) is 0 Å². The third-order valence-electron chi connectivity index (χ3n) is 1.55. The summed E-state index contributed by atoms with van der Waals surface area (Å²) in [5, 5.41) is 2.89. The van der Waals surface area contributed by atoms with Crippen LogP contribution in [0.15, 0.2) is 6.20 Å². The van der Waals surface area contributed by atoms with Crippen LogP contribution in [0, 0.1) is 11.2 Å². The van der Waals surface area contributed by atoms with Crippen molar-refractivity contribution in [3.8, 4) is 0 Å². The van der Waals surface area contributed by atoms with Crippen LogP contribution in [0.5, 0.6) is 0 Å². The number of anilines is 2. The molecule has 0 amide bonds. The summed E-state index contributed by atoms with van der Waals surface area (Å²) in [6.45, 7) is 6.76. The number of nitrogens with one attached hydrogen (secondary N) is 1. The second-order valence-electron chi connectivity index (χ2n) is 4.34. The van der Waals surface area contributed by atoms with E-state index in [4.69, 9.17) is 5.73 Å². The van der Waals surface area contributed by atoms with E-state index in [1.807, 2.05) is 20.8 Å². The lowest BCUT2D eigenvalue weighted by Gasteiger charge is -2.19. The molecule has 0 radical (unpaired) electrons. The molecule has 0 aliphatic rings. The Hall–Kier alpha value is -1.39. The molecule has 0 aliphatic carbocycles. The van der Waals surface area contributed by atoms with Crippen LogP contribution in [-0.4, -0.2) is 16.5 Å². The van der Waals surface area contributed by atoms with Crippen LogP contribution in [-0.2, 0) is 0 Å². The standard InChI is InChI=1S/C9H15FN4/c1-9(2,3)5-13-7-6(10)4-12-8(11)14-7/h4H,5H2,1-3H3,(H3,11,12,13,14). The van der Waals surface area contributed by atoms with Gasteiger partial charge in [-0.1, -0.05) is 20.8 Å². The van der Waals surface area contributed by atoms with Gasteiger partial charge in [0.15, 0.2) is 11.6 Å². The normalized spacial score (nSPS) is 11.4. The molecule has 4 nitrogen and oxygen atoms in total. The van der Waals surface area contributed by atoms with Gasteiger partial charge >= 0.3 is 0 Å². The fraction of sp³-hybridized carbons (Fsp3) is 0.556. The van der Waals surface area contributed by atoms with Gasteiger partial charge in [-0.2, -0.15) is 4.98 Å². The minimum absolute atomic E-state index is 0.0617. The van der Waals surface area contributed by atoms with E-state index >= 15 is 0 Å². The number of hydrogen-bond donors (Lipinski definition) is 2. The summed E-state index contributed by atoms with van der Waals surface area (Å²) in [4.78, 5) is 7.29. The molecule has 14 heavy (non-hydrogen) atoms. The van der Waals surface area contributed by atoms with Gasteiger partial charge in [0.1, 0.15) is 0 Å². The molecule has 0 atom stereocenters. The minimum Gasteiger partial charge on any atom is -0.368 e. The van der Waals surface area contributed by atoms with E-state index in [-0.39, 0.29) is 17.2 Å². The summed E-state index contributed by atoms with van der Waals surface area (Å²) < 4.78 is 13.1. The van der Waals surface area contributed by atoms with E-state index in [1.165, 1.54) is 0 Å². The highest BCUT2D eigenvalue weighted by Crippen LogP contribution is 2.16. The smallest absolute Gasteiger partial charge is 0.222 e. The molecule has 0 bridgehead atoms. The quantitative estimate of drug-likeness (QED) is 0.758. The zero-order valence-electron chi connectivity index (χ0n) is 8.63. The number of hydrogen-bond acceptors (Lipinski definition) is 4. The van der Waals surface area contributed by atoms with Crippen LogP contribution < -0.4 is 11.1 Å². The maximum absolute atomic E-state index is 13.1. The SMILES string of the molecule is CC(C)(C)CNc1nc(N)ncc1F. The van der Waals surface area contributed by atoms with Crippen molar-refractivity contribution in [2.24, 2.45) is 5.41 Å². The average molecular weight is 198 g/mol. The second-order valence-corrected chi connectivity index (χ2v) is 4.34. The molecule has 0 spiro atoms. The van der Waals surface area contributed by atoms with Crippen molar-refractivity contribution in [2.45, 2.75) is 20.8 Å². The third kappa shape index (κ3) is 3.16.